The molecule has 0 heterocycles. The Morgan fingerprint density at radius 2 is 1.25 bits per heavy atom. The van der Waals surface area contributed by atoms with Crippen LogP contribution < -0.4 is 0 Å². The summed E-state index contributed by atoms with van der Waals surface area (Å²) in [4.78, 5) is 8.56. The standard InChI is InChI=1S/CH2O3.Ag.Ba.Ca.Zr.4H/c2-1(3)4;;;;;;;;/h(H2,2,3,4);;;;;;;;. The number of hydrogen-bond donors (Lipinski definition) is 2. The molecule has 7 heteroatoms. The maximum absolute atomic E-state index is 8.56. The Bertz CT molecular complexity index is 42.3. The van der Waals surface area contributed by atoms with Gasteiger partial charge in [-0.15, -0.1) is 0 Å². The summed E-state index contributed by atoms with van der Waals surface area (Å²) in [6.07, 6.45) is -1.83. The minimum Gasteiger partial charge on any atom is 0 e. The van der Waals surface area contributed by atoms with Gasteiger partial charge in [0, 0.05) is 48.6 Å². The van der Waals surface area contributed by atoms with E-state index >= 15 is 0 Å². The van der Waals surface area contributed by atoms with Crippen LogP contribution >= 0.6 is 0 Å². The van der Waals surface area contributed by atoms with Crippen molar-refractivity contribution in [3.8, 4) is 0 Å². The van der Waals surface area contributed by atoms with Crippen LogP contribution in [0.1, 0.15) is 0 Å². The molecule has 1 radical (unpaired) electrons. The van der Waals surface area contributed by atoms with Crippen LogP contribution in [-0.2, 0) is 48.6 Å². The molecular formula is CH6AgBaCaO3Zr. The van der Waals surface area contributed by atoms with E-state index in [2.05, 4.69) is 0 Å². The van der Waals surface area contributed by atoms with Crippen LogP contribution in [0.3, 0.4) is 0 Å². The van der Waals surface area contributed by atoms with Crippen molar-refractivity contribution in [3.05, 3.63) is 0 Å². The van der Waals surface area contributed by atoms with Crippen LogP contribution in [-0.4, -0.2) is 103 Å². The number of rotatable bonds is 0. The molecule has 0 aliphatic carbocycles. The van der Waals surface area contributed by atoms with Gasteiger partial charge in [0.15, 0.2) is 0 Å². The second kappa shape index (κ2) is 22.4. The van der Waals surface area contributed by atoms with Crippen LogP contribution in [0.25, 0.3) is 0 Å². The molecule has 0 aliphatic heterocycles. The van der Waals surface area contributed by atoms with Gasteiger partial charge in [0.25, 0.3) is 0 Å². The summed E-state index contributed by atoms with van der Waals surface area (Å²) in [5, 5.41) is 13.9. The molecule has 0 amide bonds. The predicted octanol–water partition coefficient (Wildman–Crippen LogP) is -1.62. The topological polar surface area (TPSA) is 57.5 Å². The minimum atomic E-state index is -1.83. The summed E-state index contributed by atoms with van der Waals surface area (Å²) in [7, 11) is 0. The second-order valence-electron chi connectivity index (χ2n) is 0.283. The first-order chi connectivity index (χ1) is 1.73. The Morgan fingerprint density at radius 1 is 1.25 bits per heavy atom. The Labute approximate surface area is 152 Å². The van der Waals surface area contributed by atoms with Crippen molar-refractivity contribution in [1.29, 1.82) is 0 Å². The van der Waals surface area contributed by atoms with Gasteiger partial charge in [0.1, 0.15) is 0 Å². The van der Waals surface area contributed by atoms with Crippen molar-refractivity contribution in [2.45, 2.75) is 0 Å². The molecule has 0 aromatic heterocycles. The molecule has 0 bridgehead atoms. The van der Waals surface area contributed by atoms with Crippen molar-refractivity contribution in [2.24, 2.45) is 0 Å². The van der Waals surface area contributed by atoms with E-state index in [1.807, 2.05) is 0 Å². The van der Waals surface area contributed by atoms with Gasteiger partial charge in [0.2, 0.25) is 0 Å². The molecule has 0 spiro atoms. The van der Waals surface area contributed by atoms with Gasteiger partial charge in [-0.05, 0) is 0 Å². The van der Waals surface area contributed by atoms with Gasteiger partial charge in [-0.3, -0.25) is 0 Å². The quantitative estimate of drug-likeness (QED) is 0.444. The van der Waals surface area contributed by atoms with Gasteiger partial charge in [-0.1, -0.05) is 0 Å². The average molecular weight is 443 g/mol. The summed E-state index contributed by atoms with van der Waals surface area (Å²) in [6.45, 7) is 0. The Hall–Kier alpha value is 3.72. The summed E-state index contributed by atoms with van der Waals surface area (Å²) in [6, 6.07) is 0. The van der Waals surface area contributed by atoms with Crippen LogP contribution in [0.15, 0.2) is 0 Å². The third-order valence-electron chi connectivity index (χ3n) is 0. The molecule has 0 unspecified atom stereocenters. The first-order valence-corrected chi connectivity index (χ1v) is 0.651. The fourth-order valence-electron chi connectivity index (χ4n) is 0. The number of carboxylic acid groups (broad SMARTS) is 2. The van der Waals surface area contributed by atoms with Gasteiger partial charge in [-0.2, -0.15) is 0 Å². The summed E-state index contributed by atoms with van der Waals surface area (Å²) in [5.41, 5.74) is 0. The minimum absolute atomic E-state index is 0. The van der Waals surface area contributed by atoms with Crippen LogP contribution in [0, 0.1) is 0 Å². The van der Waals surface area contributed by atoms with Gasteiger partial charge in [0.05, 0.1) is 0 Å². The smallest absolute Gasteiger partial charge is 0 e. The van der Waals surface area contributed by atoms with E-state index < -0.39 is 6.16 Å². The van der Waals surface area contributed by atoms with E-state index in [-0.39, 0.29) is 135 Å². The van der Waals surface area contributed by atoms with Gasteiger partial charge in [-0.25, -0.2) is 4.79 Å². The first kappa shape index (κ1) is 29.8. The van der Waals surface area contributed by atoms with Crippen molar-refractivity contribution in [3.63, 3.8) is 0 Å². The van der Waals surface area contributed by atoms with Crippen molar-refractivity contribution >= 4 is 92.8 Å². The second-order valence-corrected chi connectivity index (χ2v) is 0.283. The third-order valence-corrected chi connectivity index (χ3v) is 0. The molecule has 0 saturated heterocycles. The Morgan fingerprint density at radius 3 is 1.25 bits per heavy atom. The number of carbonyl (C=O) groups is 1. The SMILES string of the molecule is O=C(O)O.[Ag].[BaH2].[CaH2].[Zr]. The van der Waals surface area contributed by atoms with Crippen molar-refractivity contribution in [2.75, 3.05) is 0 Å². The van der Waals surface area contributed by atoms with Crippen molar-refractivity contribution < 1.29 is 63.6 Å². The molecule has 0 atom stereocenters. The molecule has 0 fully saturated rings. The van der Waals surface area contributed by atoms with E-state index in [1.165, 1.54) is 0 Å². The molecule has 0 aliphatic rings. The van der Waals surface area contributed by atoms with E-state index in [1.54, 1.807) is 0 Å². The molecule has 0 saturated carbocycles. The van der Waals surface area contributed by atoms with E-state index in [9.17, 15) is 0 Å². The van der Waals surface area contributed by atoms with Gasteiger partial charge < -0.3 is 10.2 Å². The molecular weight excluding hydrogens is 437 g/mol. The van der Waals surface area contributed by atoms with Crippen LogP contribution in [0.2, 0.25) is 0 Å². The zero-order chi connectivity index (χ0) is 3.58. The first-order valence-electron chi connectivity index (χ1n) is 0.651. The zero-order valence-electron chi connectivity index (χ0n) is 2.60. The summed E-state index contributed by atoms with van der Waals surface area (Å²) in [5.74, 6) is 0. The molecule has 0 rings (SSSR count). The zero-order valence-corrected chi connectivity index (χ0v) is 6.54. The molecule has 3 nitrogen and oxygen atoms in total. The molecule has 8 heavy (non-hydrogen) atoms. The molecule has 47 valence electrons. The molecule has 0 aromatic carbocycles. The van der Waals surface area contributed by atoms with Crippen molar-refractivity contribution in [1.82, 2.24) is 0 Å². The summed E-state index contributed by atoms with van der Waals surface area (Å²) >= 11 is 0. The monoisotopic (exact) mass is 441 g/mol. The maximum atomic E-state index is 8.56. The van der Waals surface area contributed by atoms with E-state index in [0.29, 0.717) is 0 Å². The molecule has 2 N–H and O–H groups in total. The summed E-state index contributed by atoms with van der Waals surface area (Å²) < 4.78 is 0. The predicted molar refractivity (Wildman–Crippen MR) is 27.7 cm³/mol. The Kier molecular flexibility index (Phi) is 83.6. The fourth-order valence-corrected chi connectivity index (χ4v) is 0. The normalized spacial score (nSPS) is 3.00. The van der Waals surface area contributed by atoms with Crippen LogP contribution in [0.5, 0.6) is 0 Å². The average Bonchev–Trinajstić information content (AvgIpc) is 0.811. The maximum Gasteiger partial charge on any atom is 0 e. The van der Waals surface area contributed by atoms with Crippen LogP contribution in [0.4, 0.5) is 4.79 Å². The third kappa shape index (κ3) is 53.4. The van der Waals surface area contributed by atoms with E-state index in [4.69, 9.17) is 15.0 Å². The molecule has 0 aromatic rings. The van der Waals surface area contributed by atoms with Gasteiger partial charge >= 0.3 is 92.8 Å². The largest absolute Gasteiger partial charge is 0 e. The Balaban J connectivity index is -0.00000000750. The fraction of sp³-hybridized carbons (Fsp3) is 0. The number of hydrogen-bond acceptors (Lipinski definition) is 1. The van der Waals surface area contributed by atoms with E-state index in [0.717, 1.165) is 0 Å².